The first-order chi connectivity index (χ1) is 8.44. The van der Waals surface area contributed by atoms with Crippen LogP contribution in [0.25, 0.3) is 0 Å². The summed E-state index contributed by atoms with van der Waals surface area (Å²) in [5.74, 6) is 0. The Kier molecular flexibility index (Phi) is 4.46. The molecule has 1 unspecified atom stereocenters. The van der Waals surface area contributed by atoms with E-state index in [1.54, 1.807) is 20.8 Å². The van der Waals surface area contributed by atoms with Crippen LogP contribution in [0.15, 0.2) is 4.40 Å². The van der Waals surface area contributed by atoms with Gasteiger partial charge < -0.3 is 0 Å². The molecule has 1 rings (SSSR count). The average molecular weight is 316 g/mol. The van der Waals surface area contributed by atoms with Gasteiger partial charge in [-0.3, -0.25) is 4.68 Å². The maximum absolute atomic E-state index is 12.7. The third-order valence-electron chi connectivity index (χ3n) is 2.08. The van der Waals surface area contributed by atoms with E-state index in [0.717, 1.165) is 10.9 Å². The van der Waals surface area contributed by atoms with Crippen LogP contribution < -0.4 is 0 Å². The number of nitrogens with zero attached hydrogens (tertiary/aromatic N) is 3. The average Bonchev–Trinajstić information content (AvgIpc) is 2.51. The molecule has 0 fully saturated rings. The molecule has 0 saturated heterocycles. The third kappa shape index (κ3) is 3.79. The quantitative estimate of drug-likeness (QED) is 0.788. The number of alkyl halides is 3. The summed E-state index contributed by atoms with van der Waals surface area (Å²) in [5.41, 5.74) is -1.52. The Morgan fingerprint density at radius 3 is 2.32 bits per heavy atom. The number of halogens is 4. The fourth-order valence-electron chi connectivity index (χ4n) is 1.10. The molecule has 0 spiro atoms. The summed E-state index contributed by atoms with van der Waals surface area (Å²) in [6, 6.07) is 0. The van der Waals surface area contributed by atoms with Crippen molar-refractivity contribution < 1.29 is 17.4 Å². The zero-order chi connectivity index (χ0) is 15.0. The van der Waals surface area contributed by atoms with Crippen LogP contribution in [-0.2, 0) is 24.2 Å². The molecule has 0 radical (unpaired) electrons. The van der Waals surface area contributed by atoms with Gasteiger partial charge in [0.25, 0.3) is 0 Å². The van der Waals surface area contributed by atoms with Gasteiger partial charge in [-0.15, -0.1) is 0 Å². The Morgan fingerprint density at radius 2 is 1.89 bits per heavy atom. The van der Waals surface area contributed by atoms with Crippen molar-refractivity contribution >= 4 is 28.8 Å². The molecular formula is C10H13ClF3N3OS. The molecule has 108 valence electrons. The number of aryl methyl sites for hydroxylation is 1. The predicted molar refractivity (Wildman–Crippen MR) is 68.7 cm³/mol. The summed E-state index contributed by atoms with van der Waals surface area (Å²) in [7, 11) is -0.378. The van der Waals surface area contributed by atoms with Crippen molar-refractivity contribution in [2.75, 3.05) is 0 Å². The Labute approximate surface area is 116 Å². The summed E-state index contributed by atoms with van der Waals surface area (Å²) in [6.07, 6.45) is -3.78. The highest BCUT2D eigenvalue weighted by Gasteiger charge is 2.38. The first-order valence-corrected chi connectivity index (χ1v) is 6.69. The van der Waals surface area contributed by atoms with E-state index in [4.69, 9.17) is 11.6 Å². The number of hydrogen-bond donors (Lipinski definition) is 0. The normalized spacial score (nSPS) is 15.2. The molecule has 0 aliphatic heterocycles. The summed E-state index contributed by atoms with van der Waals surface area (Å²) < 4.78 is 53.7. The first kappa shape index (κ1) is 16.2. The highest BCUT2D eigenvalue weighted by Crippen LogP contribution is 2.33. The van der Waals surface area contributed by atoms with Gasteiger partial charge >= 0.3 is 6.18 Å². The van der Waals surface area contributed by atoms with Crippen LogP contribution in [0.1, 0.15) is 32.0 Å². The Hall–Kier alpha value is -0.890. The van der Waals surface area contributed by atoms with Crippen LogP contribution in [0.2, 0.25) is 5.15 Å². The molecule has 0 aliphatic carbocycles. The second kappa shape index (κ2) is 5.24. The van der Waals surface area contributed by atoms with Gasteiger partial charge in [-0.25, -0.2) is 4.21 Å². The molecule has 9 heteroatoms. The van der Waals surface area contributed by atoms with Crippen molar-refractivity contribution in [3.8, 4) is 0 Å². The van der Waals surface area contributed by atoms with Crippen molar-refractivity contribution in [2.45, 2.75) is 31.7 Å². The summed E-state index contributed by atoms with van der Waals surface area (Å²) in [6.45, 7) is 4.99. The molecule has 0 N–H and O–H groups in total. The highest BCUT2D eigenvalue weighted by molar-refractivity contribution is 7.85. The first-order valence-electron chi connectivity index (χ1n) is 5.20. The molecule has 0 amide bonds. The van der Waals surface area contributed by atoms with Crippen LogP contribution in [0.4, 0.5) is 13.2 Å². The number of rotatable bonds is 2. The molecule has 0 aromatic carbocycles. The Balaban J connectivity index is 3.22. The van der Waals surface area contributed by atoms with Crippen molar-refractivity contribution in [3.63, 3.8) is 0 Å². The SMILES string of the molecule is Cn1nc(C(F)(F)F)c(/C=N/S(=O)C(C)(C)C)c1Cl. The van der Waals surface area contributed by atoms with Gasteiger partial charge in [0.1, 0.15) is 16.1 Å². The van der Waals surface area contributed by atoms with Gasteiger partial charge in [-0.1, -0.05) is 11.6 Å². The Bertz CT molecular complexity index is 531. The number of hydrogen-bond acceptors (Lipinski definition) is 2. The van der Waals surface area contributed by atoms with Gasteiger partial charge in [0.15, 0.2) is 5.69 Å². The lowest BCUT2D eigenvalue weighted by atomic mass is 10.2. The maximum atomic E-state index is 12.7. The van der Waals surface area contributed by atoms with Gasteiger partial charge in [-0.05, 0) is 20.8 Å². The second-order valence-corrected chi connectivity index (χ2v) is 7.06. The minimum atomic E-state index is -4.64. The second-order valence-electron chi connectivity index (χ2n) is 4.77. The van der Waals surface area contributed by atoms with Gasteiger partial charge in [0, 0.05) is 7.05 Å². The van der Waals surface area contributed by atoms with E-state index in [9.17, 15) is 17.4 Å². The predicted octanol–water partition coefficient (Wildman–Crippen LogP) is 2.97. The van der Waals surface area contributed by atoms with E-state index in [1.807, 2.05) is 0 Å². The van der Waals surface area contributed by atoms with Crippen LogP contribution in [0, 0.1) is 0 Å². The lowest BCUT2D eigenvalue weighted by molar-refractivity contribution is -0.141. The zero-order valence-corrected chi connectivity index (χ0v) is 12.3. The van der Waals surface area contributed by atoms with Crippen LogP contribution >= 0.6 is 11.6 Å². The van der Waals surface area contributed by atoms with E-state index in [0.29, 0.717) is 0 Å². The molecule has 1 atom stereocenters. The van der Waals surface area contributed by atoms with Gasteiger partial charge in [0.05, 0.1) is 16.5 Å². The van der Waals surface area contributed by atoms with E-state index >= 15 is 0 Å². The molecule has 1 aromatic heterocycles. The van der Waals surface area contributed by atoms with E-state index in [-0.39, 0.29) is 10.7 Å². The van der Waals surface area contributed by atoms with Crippen molar-refractivity contribution in [1.82, 2.24) is 9.78 Å². The smallest absolute Gasteiger partial charge is 0.256 e. The third-order valence-corrected chi connectivity index (χ3v) is 3.87. The summed E-state index contributed by atoms with van der Waals surface area (Å²) in [5, 5.41) is 3.08. The van der Waals surface area contributed by atoms with E-state index < -0.39 is 27.6 Å². The van der Waals surface area contributed by atoms with Crippen molar-refractivity contribution in [3.05, 3.63) is 16.4 Å². The lowest BCUT2D eigenvalue weighted by Crippen LogP contribution is -2.19. The largest absolute Gasteiger partial charge is 0.435 e. The minimum absolute atomic E-state index is 0.206. The molecular weight excluding hydrogens is 303 g/mol. The number of aromatic nitrogens is 2. The Morgan fingerprint density at radius 1 is 1.37 bits per heavy atom. The lowest BCUT2D eigenvalue weighted by Gasteiger charge is -2.12. The fraction of sp³-hybridized carbons (Fsp3) is 0.600. The molecule has 4 nitrogen and oxygen atoms in total. The molecule has 0 aliphatic rings. The zero-order valence-electron chi connectivity index (χ0n) is 10.7. The van der Waals surface area contributed by atoms with Crippen LogP contribution in [0.5, 0.6) is 0 Å². The van der Waals surface area contributed by atoms with Crippen LogP contribution in [0.3, 0.4) is 0 Å². The standard InChI is InChI=1S/C10H13ClF3N3OS/c1-9(2,3)19(18)15-5-6-7(10(12,13)14)16-17(4)8(6)11/h5H,1-4H3/b15-5+. The molecule has 19 heavy (non-hydrogen) atoms. The molecule has 1 aromatic rings. The van der Waals surface area contributed by atoms with Crippen molar-refractivity contribution in [2.24, 2.45) is 11.4 Å². The highest BCUT2D eigenvalue weighted by atomic mass is 35.5. The van der Waals surface area contributed by atoms with E-state index in [2.05, 4.69) is 9.50 Å². The molecule has 0 saturated carbocycles. The molecule has 1 heterocycles. The summed E-state index contributed by atoms with van der Waals surface area (Å²) >= 11 is 5.73. The molecule has 0 bridgehead atoms. The van der Waals surface area contributed by atoms with Crippen LogP contribution in [-0.4, -0.2) is 25.0 Å². The summed E-state index contributed by atoms with van der Waals surface area (Å²) in [4.78, 5) is 0. The minimum Gasteiger partial charge on any atom is -0.256 e. The van der Waals surface area contributed by atoms with Gasteiger partial charge in [0.2, 0.25) is 0 Å². The fourth-order valence-corrected chi connectivity index (χ4v) is 1.80. The monoisotopic (exact) mass is 315 g/mol. The van der Waals surface area contributed by atoms with Gasteiger partial charge in [-0.2, -0.15) is 22.7 Å². The van der Waals surface area contributed by atoms with E-state index in [1.165, 1.54) is 7.05 Å². The van der Waals surface area contributed by atoms with Crippen molar-refractivity contribution in [1.29, 1.82) is 0 Å². The topological polar surface area (TPSA) is 47.2 Å². The maximum Gasteiger partial charge on any atom is 0.435 e.